The van der Waals surface area contributed by atoms with Crippen molar-refractivity contribution in [3.8, 4) is 0 Å². The lowest BCUT2D eigenvalue weighted by Crippen LogP contribution is -2.03. The van der Waals surface area contributed by atoms with Crippen LogP contribution in [0, 0.1) is 0 Å². The number of hydrogen-bond acceptors (Lipinski definition) is 3. The predicted molar refractivity (Wildman–Crippen MR) is 70.1 cm³/mol. The zero-order chi connectivity index (χ0) is 11.8. The quantitative estimate of drug-likeness (QED) is 0.802. The van der Waals surface area contributed by atoms with E-state index in [0.717, 1.165) is 16.3 Å². The Labute approximate surface area is 107 Å². The van der Waals surface area contributed by atoms with E-state index in [4.69, 9.17) is 11.6 Å². The van der Waals surface area contributed by atoms with Gasteiger partial charge in [0.15, 0.2) is 0 Å². The molecule has 0 fully saturated rings. The van der Waals surface area contributed by atoms with E-state index in [9.17, 15) is 4.79 Å². The fourth-order valence-electron chi connectivity index (χ4n) is 1.73. The van der Waals surface area contributed by atoms with Crippen molar-refractivity contribution in [1.82, 2.24) is 4.98 Å². The molecule has 0 atom stereocenters. The molecule has 0 saturated carbocycles. The van der Waals surface area contributed by atoms with Gasteiger partial charge >= 0.3 is 0 Å². The highest BCUT2D eigenvalue weighted by Crippen LogP contribution is 2.34. The number of rotatable bonds is 1. The Balaban J connectivity index is 2.13. The summed E-state index contributed by atoms with van der Waals surface area (Å²) in [5, 5.41) is 6.10. The average molecular weight is 263 g/mol. The molecule has 3 rings (SSSR count). The van der Waals surface area contributed by atoms with Crippen molar-refractivity contribution in [2.45, 2.75) is 0 Å². The first kappa shape index (κ1) is 10.5. The number of nitrogens with one attached hydrogen (secondary N) is 1. The second-order valence-electron chi connectivity index (χ2n) is 3.57. The Kier molecular flexibility index (Phi) is 2.46. The summed E-state index contributed by atoms with van der Waals surface area (Å²) in [6, 6.07) is 5.35. The molecule has 0 spiro atoms. The SMILES string of the molecule is O=C1Nc2ccc(Cl)cc2C1=Cc1nccs1. The maximum Gasteiger partial charge on any atom is 0.256 e. The standard InChI is InChI=1S/C12H7ClN2OS/c13-7-1-2-10-8(5-7)9(12(16)15-10)6-11-14-3-4-17-11/h1-6H,(H,15,16). The van der Waals surface area contributed by atoms with Gasteiger partial charge in [0.25, 0.3) is 5.91 Å². The summed E-state index contributed by atoms with van der Waals surface area (Å²) in [6.07, 6.45) is 3.49. The van der Waals surface area contributed by atoms with Crippen molar-refractivity contribution >= 4 is 46.2 Å². The van der Waals surface area contributed by atoms with Crippen molar-refractivity contribution in [3.63, 3.8) is 0 Å². The van der Waals surface area contributed by atoms with Crippen LogP contribution >= 0.6 is 22.9 Å². The number of halogens is 1. The number of hydrogen-bond donors (Lipinski definition) is 1. The van der Waals surface area contributed by atoms with Gasteiger partial charge in [-0.2, -0.15) is 0 Å². The van der Waals surface area contributed by atoms with Crippen LogP contribution in [0.4, 0.5) is 5.69 Å². The second kappa shape index (κ2) is 3.98. The lowest BCUT2D eigenvalue weighted by molar-refractivity contribution is -0.110. The van der Waals surface area contributed by atoms with Gasteiger partial charge < -0.3 is 5.32 Å². The van der Waals surface area contributed by atoms with E-state index in [0.29, 0.717) is 10.6 Å². The summed E-state index contributed by atoms with van der Waals surface area (Å²) >= 11 is 7.43. The highest BCUT2D eigenvalue weighted by Gasteiger charge is 2.24. The van der Waals surface area contributed by atoms with Gasteiger partial charge in [0, 0.05) is 27.9 Å². The smallest absolute Gasteiger partial charge is 0.256 e. The van der Waals surface area contributed by atoms with E-state index in [1.165, 1.54) is 11.3 Å². The predicted octanol–water partition coefficient (Wildman–Crippen LogP) is 3.29. The molecule has 0 unspecified atom stereocenters. The number of aromatic nitrogens is 1. The van der Waals surface area contributed by atoms with Crippen LogP contribution in [0.25, 0.3) is 11.6 Å². The molecule has 3 nitrogen and oxygen atoms in total. The molecule has 1 N–H and O–H groups in total. The maximum absolute atomic E-state index is 11.8. The Morgan fingerprint density at radius 1 is 1.41 bits per heavy atom. The molecule has 1 amide bonds. The Morgan fingerprint density at radius 3 is 3.06 bits per heavy atom. The van der Waals surface area contributed by atoms with Crippen LogP contribution in [0.5, 0.6) is 0 Å². The van der Waals surface area contributed by atoms with Crippen LogP contribution in [-0.2, 0) is 4.79 Å². The molecule has 1 aromatic heterocycles. The first-order chi connectivity index (χ1) is 8.24. The Hall–Kier alpha value is -1.65. The van der Waals surface area contributed by atoms with E-state index in [1.807, 2.05) is 5.38 Å². The number of carbonyl (C=O) groups excluding carboxylic acids is 1. The first-order valence-electron chi connectivity index (χ1n) is 4.96. The summed E-state index contributed by atoms with van der Waals surface area (Å²) in [7, 11) is 0. The monoisotopic (exact) mass is 262 g/mol. The fourth-order valence-corrected chi connectivity index (χ4v) is 2.47. The minimum absolute atomic E-state index is 0.113. The molecule has 5 heteroatoms. The molecule has 0 aliphatic carbocycles. The molecule has 84 valence electrons. The van der Waals surface area contributed by atoms with Crippen LogP contribution in [-0.4, -0.2) is 10.9 Å². The van der Waals surface area contributed by atoms with Gasteiger partial charge in [-0.3, -0.25) is 4.79 Å². The highest BCUT2D eigenvalue weighted by atomic mass is 35.5. The molecule has 17 heavy (non-hydrogen) atoms. The summed E-state index contributed by atoms with van der Waals surface area (Å²) in [5.41, 5.74) is 2.23. The summed E-state index contributed by atoms with van der Waals surface area (Å²) in [6.45, 7) is 0. The van der Waals surface area contributed by atoms with Crippen molar-refractivity contribution < 1.29 is 4.79 Å². The number of carbonyl (C=O) groups is 1. The second-order valence-corrected chi connectivity index (χ2v) is 4.93. The normalized spacial score (nSPS) is 16.1. The summed E-state index contributed by atoms with van der Waals surface area (Å²) in [4.78, 5) is 16.0. The van der Waals surface area contributed by atoms with Crippen molar-refractivity contribution in [2.75, 3.05) is 5.32 Å². The molecule has 2 aromatic rings. The Bertz CT molecular complexity index is 619. The van der Waals surface area contributed by atoms with Gasteiger partial charge in [-0.25, -0.2) is 4.98 Å². The van der Waals surface area contributed by atoms with E-state index in [2.05, 4.69) is 10.3 Å². The van der Waals surface area contributed by atoms with Crippen LogP contribution in [0.3, 0.4) is 0 Å². The lowest BCUT2D eigenvalue weighted by Gasteiger charge is -1.97. The molecule has 1 aliphatic rings. The number of fused-ring (bicyclic) bond motifs is 1. The number of thiazole rings is 1. The first-order valence-corrected chi connectivity index (χ1v) is 6.22. The van der Waals surface area contributed by atoms with E-state index < -0.39 is 0 Å². The molecule has 1 aromatic carbocycles. The van der Waals surface area contributed by atoms with Crippen LogP contribution in [0.1, 0.15) is 10.6 Å². The number of amides is 1. The third-order valence-electron chi connectivity index (χ3n) is 2.48. The lowest BCUT2D eigenvalue weighted by atomic mass is 10.1. The molecular weight excluding hydrogens is 256 g/mol. The van der Waals surface area contributed by atoms with Crippen LogP contribution in [0.2, 0.25) is 5.02 Å². The zero-order valence-corrected chi connectivity index (χ0v) is 10.2. The van der Waals surface area contributed by atoms with Gasteiger partial charge in [-0.1, -0.05) is 11.6 Å². The third-order valence-corrected chi connectivity index (χ3v) is 3.44. The zero-order valence-electron chi connectivity index (χ0n) is 8.61. The van der Waals surface area contributed by atoms with Crippen molar-refractivity contribution in [2.24, 2.45) is 0 Å². The van der Waals surface area contributed by atoms with Gasteiger partial charge in [-0.15, -0.1) is 11.3 Å². The van der Waals surface area contributed by atoms with E-state index in [1.54, 1.807) is 30.5 Å². The van der Waals surface area contributed by atoms with Crippen molar-refractivity contribution in [1.29, 1.82) is 0 Å². The van der Waals surface area contributed by atoms with Gasteiger partial charge in [-0.05, 0) is 24.3 Å². The minimum atomic E-state index is -0.113. The Morgan fingerprint density at radius 2 is 2.29 bits per heavy atom. The molecular formula is C12H7ClN2OS. The van der Waals surface area contributed by atoms with Crippen LogP contribution in [0.15, 0.2) is 29.8 Å². The third kappa shape index (κ3) is 1.85. The highest BCUT2D eigenvalue weighted by molar-refractivity contribution is 7.10. The van der Waals surface area contributed by atoms with E-state index >= 15 is 0 Å². The average Bonchev–Trinajstić information content (AvgIpc) is 2.90. The number of benzene rings is 1. The largest absolute Gasteiger partial charge is 0.321 e. The van der Waals surface area contributed by atoms with Gasteiger partial charge in [0.05, 0.1) is 5.57 Å². The minimum Gasteiger partial charge on any atom is -0.321 e. The van der Waals surface area contributed by atoms with Crippen molar-refractivity contribution in [3.05, 3.63) is 45.4 Å². The van der Waals surface area contributed by atoms with Gasteiger partial charge in [0.2, 0.25) is 0 Å². The molecule has 0 bridgehead atoms. The van der Waals surface area contributed by atoms with Crippen LogP contribution < -0.4 is 5.32 Å². The van der Waals surface area contributed by atoms with Gasteiger partial charge in [0.1, 0.15) is 5.01 Å². The summed E-state index contributed by atoms with van der Waals surface area (Å²) in [5.74, 6) is -0.113. The fraction of sp³-hybridized carbons (Fsp3) is 0. The molecule has 0 radical (unpaired) electrons. The topological polar surface area (TPSA) is 42.0 Å². The summed E-state index contributed by atoms with van der Waals surface area (Å²) < 4.78 is 0. The maximum atomic E-state index is 11.8. The number of anilines is 1. The number of nitrogens with zero attached hydrogens (tertiary/aromatic N) is 1. The van der Waals surface area contributed by atoms with E-state index in [-0.39, 0.29) is 5.91 Å². The molecule has 2 heterocycles. The molecule has 1 aliphatic heterocycles. The molecule has 0 saturated heterocycles.